The lowest BCUT2D eigenvalue weighted by Crippen LogP contribution is -2.29. The number of amides is 1. The number of benzene rings is 2. The first-order valence-electron chi connectivity index (χ1n) is 10.5. The molecule has 9 nitrogen and oxygen atoms in total. The van der Waals surface area contributed by atoms with Gasteiger partial charge in [0.15, 0.2) is 5.13 Å². The van der Waals surface area contributed by atoms with Crippen LogP contribution in [-0.4, -0.2) is 45.0 Å². The number of hydrogen-bond acceptors (Lipinski definition) is 8. The number of carbonyl (C=O) groups excluding carboxylic acids is 2. The van der Waals surface area contributed by atoms with Gasteiger partial charge in [-0.05, 0) is 64.5 Å². The summed E-state index contributed by atoms with van der Waals surface area (Å²) in [5.41, 5.74) is 1.07. The number of methoxy groups -OCH3 is 1. The molecule has 5 rings (SSSR count). The molecule has 1 atom stereocenters. The summed E-state index contributed by atoms with van der Waals surface area (Å²) in [6.07, 6.45) is 1.52. The van der Waals surface area contributed by atoms with Crippen LogP contribution in [0.5, 0.6) is 5.75 Å². The van der Waals surface area contributed by atoms with Crippen LogP contribution in [0.1, 0.15) is 27.7 Å². The Morgan fingerprint density at radius 2 is 1.86 bits per heavy atom. The summed E-state index contributed by atoms with van der Waals surface area (Å²) in [5, 5.41) is 20.7. The van der Waals surface area contributed by atoms with Gasteiger partial charge in [-0.3, -0.25) is 19.5 Å². The van der Waals surface area contributed by atoms with E-state index in [1.807, 2.05) is 0 Å². The average molecular weight is 566 g/mol. The van der Waals surface area contributed by atoms with E-state index in [9.17, 15) is 24.6 Å². The number of anilines is 1. The number of ether oxygens (including phenoxy) is 1. The fourth-order valence-corrected chi connectivity index (χ4v) is 5.54. The van der Waals surface area contributed by atoms with E-state index in [1.165, 1.54) is 30.3 Å². The van der Waals surface area contributed by atoms with E-state index < -0.39 is 23.7 Å². The SMILES string of the molecule is COc1ccc(/C(O)=C2\C(=O)C(=O)N(c3nc4ccc(C(=O)O)cc4s3)C2c2ccccn2)cc1Br. The first-order chi connectivity index (χ1) is 17.3. The Labute approximate surface area is 216 Å². The smallest absolute Gasteiger partial charge is 0.335 e. The van der Waals surface area contributed by atoms with Crippen LogP contribution in [-0.2, 0) is 9.59 Å². The number of pyridine rings is 1. The molecular formula is C25H16BrN3O6S. The minimum atomic E-state index is -1.09. The molecule has 2 aromatic heterocycles. The predicted molar refractivity (Wildman–Crippen MR) is 136 cm³/mol. The summed E-state index contributed by atoms with van der Waals surface area (Å²) in [6, 6.07) is 13.2. The van der Waals surface area contributed by atoms with Gasteiger partial charge in [-0.1, -0.05) is 17.4 Å². The van der Waals surface area contributed by atoms with Crippen molar-refractivity contribution in [2.45, 2.75) is 6.04 Å². The quantitative estimate of drug-likeness (QED) is 0.201. The number of carbonyl (C=O) groups is 3. The minimum absolute atomic E-state index is 0.0751. The van der Waals surface area contributed by atoms with E-state index in [0.29, 0.717) is 31.7 Å². The second kappa shape index (κ2) is 9.17. The summed E-state index contributed by atoms with van der Waals surface area (Å²) in [6.45, 7) is 0. The molecule has 2 aromatic carbocycles. The third kappa shape index (κ3) is 3.91. The minimum Gasteiger partial charge on any atom is -0.507 e. The maximum atomic E-state index is 13.3. The molecule has 1 aliphatic heterocycles. The molecular weight excluding hydrogens is 550 g/mol. The third-order valence-corrected chi connectivity index (χ3v) is 7.30. The second-order valence-electron chi connectivity index (χ2n) is 7.76. The highest BCUT2D eigenvalue weighted by Crippen LogP contribution is 2.44. The van der Waals surface area contributed by atoms with E-state index >= 15 is 0 Å². The summed E-state index contributed by atoms with van der Waals surface area (Å²) >= 11 is 4.44. The van der Waals surface area contributed by atoms with Gasteiger partial charge in [-0.25, -0.2) is 9.78 Å². The van der Waals surface area contributed by atoms with Crippen molar-refractivity contribution < 1.29 is 29.3 Å². The number of Topliss-reactive ketones (excluding diaryl/α,β-unsaturated/α-hetero) is 1. The number of fused-ring (bicyclic) bond motifs is 1. The lowest BCUT2D eigenvalue weighted by atomic mass is 9.98. The van der Waals surface area contributed by atoms with Gasteiger partial charge in [0.05, 0.1) is 38.6 Å². The van der Waals surface area contributed by atoms with Gasteiger partial charge in [-0.15, -0.1) is 0 Å². The molecule has 0 aliphatic carbocycles. The number of aromatic carboxylic acids is 1. The lowest BCUT2D eigenvalue weighted by Gasteiger charge is -2.22. The van der Waals surface area contributed by atoms with Crippen molar-refractivity contribution in [1.29, 1.82) is 0 Å². The zero-order valence-corrected chi connectivity index (χ0v) is 20.9. The van der Waals surface area contributed by atoms with Crippen LogP contribution in [0.3, 0.4) is 0 Å². The third-order valence-electron chi connectivity index (χ3n) is 5.67. The van der Waals surface area contributed by atoms with Crippen molar-refractivity contribution >= 4 is 66.0 Å². The number of aliphatic hydroxyl groups is 1. The number of carboxylic acid groups (broad SMARTS) is 1. The number of rotatable bonds is 5. The summed E-state index contributed by atoms with van der Waals surface area (Å²) in [7, 11) is 1.50. The van der Waals surface area contributed by atoms with Crippen molar-refractivity contribution in [2.75, 3.05) is 12.0 Å². The molecule has 180 valence electrons. The van der Waals surface area contributed by atoms with Crippen LogP contribution in [0.15, 0.2) is 70.8 Å². The van der Waals surface area contributed by atoms with Crippen molar-refractivity contribution in [3.63, 3.8) is 0 Å². The normalized spacial score (nSPS) is 17.1. The van der Waals surface area contributed by atoms with Gasteiger partial charge < -0.3 is 14.9 Å². The molecule has 0 spiro atoms. The number of hydrogen-bond donors (Lipinski definition) is 2. The molecule has 0 saturated carbocycles. The number of ketones is 1. The summed E-state index contributed by atoms with van der Waals surface area (Å²) in [4.78, 5) is 48.0. The molecule has 0 bridgehead atoms. The molecule has 4 aromatic rings. The van der Waals surface area contributed by atoms with Crippen LogP contribution in [0.2, 0.25) is 0 Å². The Bertz CT molecular complexity index is 1580. The standard InChI is InChI=1S/C25H16BrN3O6S/c1-35-17-8-6-12(10-14(17)26)21(30)19-20(16-4-2-3-9-27-16)29(23(32)22(19)31)25-28-15-7-5-13(24(33)34)11-18(15)36-25/h2-11,20,30H,1H3,(H,33,34)/b21-19+. The average Bonchev–Trinajstić information content (AvgIpc) is 3.41. The van der Waals surface area contributed by atoms with Crippen molar-refractivity contribution in [3.8, 4) is 5.75 Å². The molecule has 1 aliphatic rings. The Balaban J connectivity index is 1.70. The van der Waals surface area contributed by atoms with Crippen molar-refractivity contribution in [2.24, 2.45) is 0 Å². The predicted octanol–water partition coefficient (Wildman–Crippen LogP) is 4.79. The highest BCUT2D eigenvalue weighted by Gasteiger charge is 2.48. The molecule has 1 saturated heterocycles. The maximum Gasteiger partial charge on any atom is 0.335 e. The first-order valence-corrected chi connectivity index (χ1v) is 12.1. The van der Waals surface area contributed by atoms with Gasteiger partial charge in [0.25, 0.3) is 5.78 Å². The molecule has 0 radical (unpaired) electrons. The van der Waals surface area contributed by atoms with E-state index in [1.54, 1.807) is 42.5 Å². The summed E-state index contributed by atoms with van der Waals surface area (Å²) in [5.74, 6) is -2.70. The fourth-order valence-electron chi connectivity index (χ4n) is 3.97. The molecule has 2 N–H and O–H groups in total. The van der Waals surface area contributed by atoms with Gasteiger partial charge in [0, 0.05) is 11.8 Å². The molecule has 3 heterocycles. The Morgan fingerprint density at radius 1 is 1.08 bits per heavy atom. The number of halogens is 1. The lowest BCUT2D eigenvalue weighted by molar-refractivity contribution is -0.132. The number of aliphatic hydroxyl groups excluding tert-OH is 1. The van der Waals surface area contributed by atoms with Crippen LogP contribution in [0, 0.1) is 0 Å². The second-order valence-corrected chi connectivity index (χ2v) is 9.62. The highest BCUT2D eigenvalue weighted by atomic mass is 79.9. The number of thiazole rings is 1. The van der Waals surface area contributed by atoms with Gasteiger partial charge in [0.1, 0.15) is 17.6 Å². The van der Waals surface area contributed by atoms with E-state index in [-0.39, 0.29) is 22.0 Å². The molecule has 36 heavy (non-hydrogen) atoms. The molecule has 1 fully saturated rings. The zero-order valence-electron chi connectivity index (χ0n) is 18.5. The number of aromatic nitrogens is 2. The fraction of sp³-hybridized carbons (Fsp3) is 0.0800. The number of carboxylic acids is 1. The molecule has 1 unspecified atom stereocenters. The monoisotopic (exact) mass is 565 g/mol. The topological polar surface area (TPSA) is 130 Å². The van der Waals surface area contributed by atoms with Crippen LogP contribution < -0.4 is 9.64 Å². The van der Waals surface area contributed by atoms with Crippen LogP contribution >= 0.6 is 27.3 Å². The van der Waals surface area contributed by atoms with E-state index in [2.05, 4.69) is 25.9 Å². The Morgan fingerprint density at radius 3 is 2.53 bits per heavy atom. The molecule has 11 heteroatoms. The largest absolute Gasteiger partial charge is 0.507 e. The van der Waals surface area contributed by atoms with Gasteiger partial charge in [0.2, 0.25) is 0 Å². The van der Waals surface area contributed by atoms with Crippen molar-refractivity contribution in [3.05, 3.63) is 87.7 Å². The van der Waals surface area contributed by atoms with Crippen molar-refractivity contribution in [1.82, 2.24) is 9.97 Å². The van der Waals surface area contributed by atoms with E-state index in [0.717, 1.165) is 11.3 Å². The molecule has 1 amide bonds. The van der Waals surface area contributed by atoms with E-state index in [4.69, 9.17) is 4.74 Å². The maximum absolute atomic E-state index is 13.3. The van der Waals surface area contributed by atoms with Gasteiger partial charge in [-0.2, -0.15) is 0 Å². The van der Waals surface area contributed by atoms with Crippen LogP contribution in [0.4, 0.5) is 5.13 Å². The first kappa shape index (κ1) is 23.6. The number of nitrogens with zero attached hydrogens (tertiary/aromatic N) is 3. The summed E-state index contributed by atoms with van der Waals surface area (Å²) < 4.78 is 6.32. The Kier molecular flexibility index (Phi) is 6.02. The highest BCUT2D eigenvalue weighted by molar-refractivity contribution is 9.10. The van der Waals surface area contributed by atoms with Crippen LogP contribution in [0.25, 0.3) is 16.0 Å². The zero-order chi connectivity index (χ0) is 25.6. The van der Waals surface area contributed by atoms with Gasteiger partial charge >= 0.3 is 11.9 Å². The Hall–Kier alpha value is -4.09.